The van der Waals surface area contributed by atoms with E-state index in [1.165, 1.54) is 0 Å². The lowest BCUT2D eigenvalue weighted by Gasteiger charge is -2.32. The van der Waals surface area contributed by atoms with Gasteiger partial charge in [-0.1, -0.05) is 67.1 Å². The maximum atomic E-state index is 13.6. The van der Waals surface area contributed by atoms with Gasteiger partial charge in [0.1, 0.15) is 17.5 Å². The summed E-state index contributed by atoms with van der Waals surface area (Å²) in [4.78, 5) is 28.7. The molecule has 0 saturated carbocycles. The topological polar surface area (TPSA) is 67.9 Å². The smallest absolute Gasteiger partial charge is 0.261 e. The normalized spacial score (nSPS) is 12.3. The van der Waals surface area contributed by atoms with Gasteiger partial charge in [0.25, 0.3) is 5.91 Å². The minimum Gasteiger partial charge on any atom is -0.497 e. The minimum absolute atomic E-state index is 0.0245. The van der Waals surface area contributed by atoms with Crippen molar-refractivity contribution in [3.8, 4) is 11.5 Å². The summed E-state index contributed by atoms with van der Waals surface area (Å²) in [5, 5.41) is 3.59. The molecule has 2 amide bonds. The number of ether oxygens (including phenoxy) is 2. The molecule has 0 aliphatic carbocycles. The summed E-state index contributed by atoms with van der Waals surface area (Å²) in [5.41, 5.74) is 1.71. The highest BCUT2D eigenvalue weighted by Crippen LogP contribution is 2.22. The van der Waals surface area contributed by atoms with E-state index in [0.717, 1.165) is 17.5 Å². The molecule has 1 N–H and O–H groups in total. The molecule has 0 aliphatic heterocycles. The summed E-state index contributed by atoms with van der Waals surface area (Å²) in [5.74, 6) is 0.702. The first-order valence-electron chi connectivity index (χ1n) is 12.0. The average molecular weight is 509 g/mol. The number of nitrogens with one attached hydrogen (secondary N) is 1. The highest BCUT2D eigenvalue weighted by Gasteiger charge is 2.31. The number of carbonyl (C=O) groups excluding carboxylic acids is 2. The van der Waals surface area contributed by atoms with Crippen LogP contribution in [0.4, 0.5) is 0 Å². The fourth-order valence-corrected chi connectivity index (χ4v) is 3.90. The van der Waals surface area contributed by atoms with Crippen LogP contribution >= 0.6 is 11.6 Å². The Kier molecular flexibility index (Phi) is 10.2. The lowest BCUT2D eigenvalue weighted by molar-refractivity contribution is -0.143. The van der Waals surface area contributed by atoms with Gasteiger partial charge in [0, 0.05) is 24.0 Å². The highest BCUT2D eigenvalue weighted by molar-refractivity contribution is 6.31. The molecular weight excluding hydrogens is 476 g/mol. The molecule has 3 rings (SSSR count). The molecule has 0 saturated heterocycles. The van der Waals surface area contributed by atoms with Crippen molar-refractivity contribution >= 4 is 23.4 Å². The largest absolute Gasteiger partial charge is 0.497 e. The number of benzene rings is 3. The van der Waals surface area contributed by atoms with Crippen molar-refractivity contribution in [2.24, 2.45) is 0 Å². The van der Waals surface area contributed by atoms with Gasteiger partial charge in [-0.2, -0.15) is 0 Å². The summed E-state index contributed by atoms with van der Waals surface area (Å²) < 4.78 is 11.0. The summed E-state index contributed by atoms with van der Waals surface area (Å²) in [6.45, 7) is 3.91. The van der Waals surface area contributed by atoms with E-state index >= 15 is 0 Å². The van der Waals surface area contributed by atoms with Gasteiger partial charge in [-0.25, -0.2) is 0 Å². The summed E-state index contributed by atoms with van der Waals surface area (Å²) in [7, 11) is 1.59. The van der Waals surface area contributed by atoms with Gasteiger partial charge in [0.05, 0.1) is 7.11 Å². The van der Waals surface area contributed by atoms with Crippen molar-refractivity contribution < 1.29 is 19.1 Å². The van der Waals surface area contributed by atoms with Crippen LogP contribution in [0.2, 0.25) is 5.02 Å². The molecule has 0 heterocycles. The molecule has 0 spiro atoms. The molecule has 0 aromatic heterocycles. The highest BCUT2D eigenvalue weighted by atomic mass is 35.5. The number of halogens is 1. The van der Waals surface area contributed by atoms with Crippen LogP contribution in [0.3, 0.4) is 0 Å². The quantitative estimate of drug-likeness (QED) is 0.361. The fourth-order valence-electron chi connectivity index (χ4n) is 3.71. The maximum absolute atomic E-state index is 13.6. The Hall–Kier alpha value is -3.51. The van der Waals surface area contributed by atoms with Crippen LogP contribution in [0.25, 0.3) is 0 Å². The van der Waals surface area contributed by atoms with E-state index in [4.69, 9.17) is 21.1 Å². The van der Waals surface area contributed by atoms with E-state index in [2.05, 4.69) is 5.32 Å². The van der Waals surface area contributed by atoms with Gasteiger partial charge in [0.15, 0.2) is 6.61 Å². The lowest BCUT2D eigenvalue weighted by Crippen LogP contribution is -2.53. The van der Waals surface area contributed by atoms with E-state index in [-0.39, 0.29) is 31.0 Å². The zero-order valence-electron chi connectivity index (χ0n) is 20.9. The first kappa shape index (κ1) is 27.1. The van der Waals surface area contributed by atoms with Crippen LogP contribution in [0.5, 0.6) is 11.5 Å². The van der Waals surface area contributed by atoms with E-state index in [9.17, 15) is 9.59 Å². The summed E-state index contributed by atoms with van der Waals surface area (Å²) >= 11 is 6.44. The Bertz CT molecular complexity index is 1120. The fraction of sp³-hybridized carbons (Fsp3) is 0.310. The lowest BCUT2D eigenvalue weighted by atomic mass is 10.0. The van der Waals surface area contributed by atoms with Crippen LogP contribution < -0.4 is 14.8 Å². The van der Waals surface area contributed by atoms with Crippen LogP contribution in [-0.2, 0) is 22.6 Å². The maximum Gasteiger partial charge on any atom is 0.261 e. The first-order chi connectivity index (χ1) is 17.4. The van der Waals surface area contributed by atoms with Crippen molar-refractivity contribution in [3.05, 3.63) is 95.0 Å². The molecule has 6 nitrogen and oxygen atoms in total. The molecule has 7 heteroatoms. The van der Waals surface area contributed by atoms with Crippen molar-refractivity contribution in [3.63, 3.8) is 0 Å². The second kappa shape index (κ2) is 13.5. The third-order valence-corrected chi connectivity index (χ3v) is 6.36. The van der Waals surface area contributed by atoms with Gasteiger partial charge < -0.3 is 19.7 Å². The number of rotatable bonds is 12. The minimum atomic E-state index is -0.746. The predicted molar refractivity (Wildman–Crippen MR) is 142 cm³/mol. The molecule has 0 bridgehead atoms. The SMILES string of the molecule is CC[C@@H](C)NC(=O)[C@@H](Cc1ccccc1)N(Cc1ccccc1Cl)C(=O)COc1ccc(OC)cc1. The van der Waals surface area contributed by atoms with Crippen molar-refractivity contribution in [1.82, 2.24) is 10.2 Å². The van der Waals surface area contributed by atoms with Crippen LogP contribution in [0, 0.1) is 0 Å². The van der Waals surface area contributed by atoms with E-state index in [1.54, 1.807) is 42.3 Å². The Morgan fingerprint density at radius 1 is 0.944 bits per heavy atom. The third kappa shape index (κ3) is 7.75. The number of hydrogen-bond donors (Lipinski definition) is 1. The van der Waals surface area contributed by atoms with Gasteiger partial charge >= 0.3 is 0 Å². The van der Waals surface area contributed by atoms with Crippen LogP contribution in [0.1, 0.15) is 31.4 Å². The Morgan fingerprint density at radius 2 is 1.58 bits per heavy atom. The molecule has 3 aromatic rings. The van der Waals surface area contributed by atoms with E-state index in [1.807, 2.05) is 62.4 Å². The molecule has 0 aliphatic rings. The second-order valence-corrected chi connectivity index (χ2v) is 9.01. The number of nitrogens with zero attached hydrogens (tertiary/aromatic N) is 1. The van der Waals surface area contributed by atoms with Crippen LogP contribution in [-0.4, -0.2) is 42.5 Å². The van der Waals surface area contributed by atoms with Gasteiger partial charge in [0.2, 0.25) is 5.91 Å². The van der Waals surface area contributed by atoms with E-state index < -0.39 is 6.04 Å². The third-order valence-electron chi connectivity index (χ3n) is 5.99. The standard InChI is InChI=1S/C29H33ClN2O4/c1-4-21(2)31-29(34)27(18-22-10-6-5-7-11-22)32(19-23-12-8-9-13-26(23)30)28(33)20-36-25-16-14-24(35-3)15-17-25/h5-17,21,27H,4,18-20H2,1-3H3,(H,31,34)/t21-,27-/m1/s1. The van der Waals surface area contributed by atoms with Gasteiger partial charge in [-0.05, 0) is 54.8 Å². The van der Waals surface area contributed by atoms with E-state index in [0.29, 0.717) is 22.9 Å². The van der Waals surface area contributed by atoms with Gasteiger partial charge in [-0.3, -0.25) is 9.59 Å². The van der Waals surface area contributed by atoms with Crippen molar-refractivity contribution in [1.29, 1.82) is 0 Å². The average Bonchev–Trinajstić information content (AvgIpc) is 2.91. The van der Waals surface area contributed by atoms with Crippen molar-refractivity contribution in [2.45, 2.75) is 45.3 Å². The van der Waals surface area contributed by atoms with Crippen molar-refractivity contribution in [2.75, 3.05) is 13.7 Å². The molecule has 190 valence electrons. The zero-order valence-corrected chi connectivity index (χ0v) is 21.7. The number of amides is 2. The molecule has 0 unspecified atom stereocenters. The Balaban J connectivity index is 1.90. The number of methoxy groups -OCH3 is 1. The van der Waals surface area contributed by atoms with Gasteiger partial charge in [-0.15, -0.1) is 0 Å². The second-order valence-electron chi connectivity index (χ2n) is 8.60. The predicted octanol–water partition coefficient (Wildman–Crippen LogP) is 5.28. The molecule has 0 radical (unpaired) electrons. The Morgan fingerprint density at radius 3 is 2.22 bits per heavy atom. The zero-order chi connectivity index (χ0) is 25.9. The first-order valence-corrected chi connectivity index (χ1v) is 12.4. The molecule has 2 atom stereocenters. The Labute approximate surface area is 218 Å². The summed E-state index contributed by atoms with van der Waals surface area (Å²) in [6, 6.07) is 23.2. The molecular formula is C29H33ClN2O4. The number of hydrogen-bond acceptors (Lipinski definition) is 4. The summed E-state index contributed by atoms with van der Waals surface area (Å²) in [6.07, 6.45) is 1.14. The molecule has 0 fully saturated rings. The molecule has 36 heavy (non-hydrogen) atoms. The van der Waals surface area contributed by atoms with Crippen LogP contribution in [0.15, 0.2) is 78.9 Å². The monoisotopic (exact) mass is 508 g/mol. The molecule has 3 aromatic carbocycles. The number of carbonyl (C=O) groups is 2.